The first kappa shape index (κ1) is 21.7. The molecule has 0 aliphatic rings. The smallest absolute Gasteiger partial charge is 0.252 e. The Labute approximate surface area is 181 Å². The molecule has 0 saturated heterocycles. The number of aryl methyl sites for hydroxylation is 1. The highest BCUT2D eigenvalue weighted by Gasteiger charge is 2.22. The molecule has 3 aromatic rings. The maximum atomic E-state index is 13.1. The largest absolute Gasteiger partial charge is 0.493 e. The molecule has 1 heterocycles. The van der Waals surface area contributed by atoms with Gasteiger partial charge in [0.05, 0.1) is 13.7 Å². The number of imidazole rings is 1. The number of methoxy groups -OCH3 is 1. The molecule has 0 aliphatic heterocycles. The van der Waals surface area contributed by atoms with Gasteiger partial charge >= 0.3 is 0 Å². The number of hydrogen-bond acceptors (Lipinski definition) is 4. The third-order valence-electron chi connectivity index (χ3n) is 4.78. The Bertz CT molecular complexity index is 986. The van der Waals surface area contributed by atoms with Gasteiger partial charge in [-0.05, 0) is 42.3 Å². The van der Waals surface area contributed by atoms with E-state index in [-0.39, 0.29) is 5.91 Å². The van der Waals surface area contributed by atoms with Crippen molar-refractivity contribution in [2.24, 2.45) is 7.05 Å². The van der Waals surface area contributed by atoms with Crippen LogP contribution in [0.3, 0.4) is 0 Å². The van der Waals surface area contributed by atoms with E-state index in [4.69, 9.17) is 21.1 Å². The molecule has 6 nitrogen and oxygen atoms in total. The first-order chi connectivity index (χ1) is 14.5. The molecule has 0 radical (unpaired) electrons. The summed E-state index contributed by atoms with van der Waals surface area (Å²) in [5.41, 5.74) is 1.36. The third-order valence-corrected chi connectivity index (χ3v) is 5.03. The highest BCUT2D eigenvalue weighted by atomic mass is 35.5. The number of nitrogens with one attached hydrogen (secondary N) is 1. The molecule has 1 N–H and O–H groups in total. The lowest BCUT2D eigenvalue weighted by Gasteiger charge is -2.20. The fraction of sp³-hybridized carbons (Fsp3) is 0.304. The number of carbonyl (C=O) groups is 1. The van der Waals surface area contributed by atoms with E-state index in [0.29, 0.717) is 28.7 Å². The van der Waals surface area contributed by atoms with Crippen LogP contribution in [0.4, 0.5) is 0 Å². The minimum atomic E-state index is -0.429. The lowest BCUT2D eigenvalue weighted by atomic mass is 10.1. The maximum Gasteiger partial charge on any atom is 0.252 e. The molecule has 0 saturated carbocycles. The number of hydrogen-bond donors (Lipinski definition) is 1. The summed E-state index contributed by atoms with van der Waals surface area (Å²) < 4.78 is 13.1. The van der Waals surface area contributed by atoms with Crippen LogP contribution in [0.1, 0.15) is 47.6 Å². The van der Waals surface area contributed by atoms with E-state index in [0.717, 1.165) is 24.2 Å². The SMILES string of the molecule is CCCCOc1ccc(C(=O)N[C@H](c2ccc(Cl)cc2)c2nccn2C)cc1OC. The average molecular weight is 428 g/mol. The molecule has 2 aromatic carbocycles. The lowest BCUT2D eigenvalue weighted by molar-refractivity contribution is 0.0940. The number of ether oxygens (including phenoxy) is 2. The standard InChI is InChI=1S/C23H26ClN3O3/c1-4-5-14-30-19-11-8-17(15-20(19)29-3)23(28)26-21(22-25-12-13-27(22)2)16-6-9-18(24)10-7-16/h6-13,15,21H,4-5,14H2,1-3H3,(H,26,28)/t21-/m1/s1. The van der Waals surface area contributed by atoms with E-state index >= 15 is 0 Å². The third kappa shape index (κ3) is 5.13. The quantitative estimate of drug-likeness (QED) is 0.499. The van der Waals surface area contributed by atoms with Gasteiger partial charge < -0.3 is 19.4 Å². The number of carbonyl (C=O) groups excluding carboxylic acids is 1. The maximum absolute atomic E-state index is 13.1. The minimum Gasteiger partial charge on any atom is -0.493 e. The van der Waals surface area contributed by atoms with Crippen molar-refractivity contribution < 1.29 is 14.3 Å². The lowest BCUT2D eigenvalue weighted by Crippen LogP contribution is -2.31. The summed E-state index contributed by atoms with van der Waals surface area (Å²) in [6.45, 7) is 2.71. The molecular weight excluding hydrogens is 402 g/mol. The molecule has 0 aliphatic carbocycles. The van der Waals surface area contributed by atoms with E-state index in [1.807, 2.05) is 29.9 Å². The Hall–Kier alpha value is -2.99. The second-order valence-corrected chi connectivity index (χ2v) is 7.36. The summed E-state index contributed by atoms with van der Waals surface area (Å²) in [4.78, 5) is 17.5. The van der Waals surface area contributed by atoms with Gasteiger partial charge in [-0.3, -0.25) is 4.79 Å². The number of unbranched alkanes of at least 4 members (excludes halogenated alkanes) is 1. The van der Waals surface area contributed by atoms with Crippen LogP contribution in [-0.4, -0.2) is 29.2 Å². The summed E-state index contributed by atoms with van der Waals surface area (Å²) in [5.74, 6) is 1.63. The van der Waals surface area contributed by atoms with Crippen molar-refractivity contribution in [3.63, 3.8) is 0 Å². The predicted molar refractivity (Wildman–Crippen MR) is 117 cm³/mol. The van der Waals surface area contributed by atoms with E-state index in [1.165, 1.54) is 0 Å². The average Bonchev–Trinajstić information content (AvgIpc) is 3.18. The molecule has 7 heteroatoms. The molecule has 1 amide bonds. The van der Waals surface area contributed by atoms with Gasteiger partial charge in [-0.15, -0.1) is 0 Å². The summed E-state index contributed by atoms with van der Waals surface area (Å²) in [6.07, 6.45) is 5.55. The zero-order valence-electron chi connectivity index (χ0n) is 17.4. The van der Waals surface area contributed by atoms with Gasteiger partial charge in [-0.1, -0.05) is 37.1 Å². The zero-order valence-corrected chi connectivity index (χ0v) is 18.1. The number of aromatic nitrogens is 2. The van der Waals surface area contributed by atoms with Crippen molar-refractivity contribution in [1.82, 2.24) is 14.9 Å². The number of halogens is 1. The molecule has 3 rings (SSSR count). The molecule has 0 fully saturated rings. The van der Waals surface area contributed by atoms with Crippen LogP contribution in [-0.2, 0) is 7.05 Å². The normalized spacial score (nSPS) is 11.7. The fourth-order valence-corrected chi connectivity index (χ4v) is 3.20. The molecule has 1 aromatic heterocycles. The topological polar surface area (TPSA) is 65.4 Å². The van der Waals surface area contributed by atoms with Crippen LogP contribution < -0.4 is 14.8 Å². The van der Waals surface area contributed by atoms with E-state index in [9.17, 15) is 4.79 Å². The van der Waals surface area contributed by atoms with Gasteiger partial charge in [0, 0.05) is 30.0 Å². The molecule has 0 bridgehead atoms. The summed E-state index contributed by atoms with van der Waals surface area (Å²) in [7, 11) is 3.46. The first-order valence-electron chi connectivity index (χ1n) is 9.87. The summed E-state index contributed by atoms with van der Waals surface area (Å²) in [6, 6.07) is 12.1. The van der Waals surface area contributed by atoms with Crippen molar-refractivity contribution in [3.05, 3.63) is 76.8 Å². The summed E-state index contributed by atoms with van der Waals surface area (Å²) >= 11 is 6.03. The van der Waals surface area contributed by atoms with Gasteiger partial charge in [0.25, 0.3) is 5.91 Å². The Morgan fingerprint density at radius 1 is 1.20 bits per heavy atom. The molecular formula is C23H26ClN3O3. The molecule has 30 heavy (non-hydrogen) atoms. The van der Waals surface area contributed by atoms with Crippen molar-refractivity contribution in [2.45, 2.75) is 25.8 Å². The molecule has 1 atom stereocenters. The molecule has 158 valence electrons. The number of benzene rings is 2. The molecule has 0 spiro atoms. The van der Waals surface area contributed by atoms with Gasteiger partial charge in [0.15, 0.2) is 11.5 Å². The van der Waals surface area contributed by atoms with E-state index in [2.05, 4.69) is 17.2 Å². The Kier molecular flexibility index (Phi) is 7.36. The van der Waals surface area contributed by atoms with Crippen LogP contribution in [0.15, 0.2) is 54.9 Å². The van der Waals surface area contributed by atoms with Crippen molar-refractivity contribution in [1.29, 1.82) is 0 Å². The Morgan fingerprint density at radius 3 is 2.60 bits per heavy atom. The van der Waals surface area contributed by atoms with Gasteiger partial charge in [0.2, 0.25) is 0 Å². The minimum absolute atomic E-state index is 0.239. The second kappa shape index (κ2) is 10.2. The van der Waals surface area contributed by atoms with Gasteiger partial charge in [0.1, 0.15) is 11.9 Å². The zero-order chi connectivity index (χ0) is 21.5. The number of amides is 1. The Morgan fingerprint density at radius 2 is 1.97 bits per heavy atom. The van der Waals surface area contributed by atoms with Gasteiger partial charge in [-0.2, -0.15) is 0 Å². The van der Waals surface area contributed by atoms with Crippen LogP contribution >= 0.6 is 11.6 Å². The van der Waals surface area contributed by atoms with Crippen LogP contribution in [0.5, 0.6) is 11.5 Å². The highest BCUT2D eigenvalue weighted by Crippen LogP contribution is 2.29. The Balaban J connectivity index is 1.85. The second-order valence-electron chi connectivity index (χ2n) is 6.92. The number of nitrogens with zero attached hydrogens (tertiary/aromatic N) is 2. The molecule has 0 unspecified atom stereocenters. The van der Waals surface area contributed by atoms with E-state index < -0.39 is 6.04 Å². The number of rotatable bonds is 9. The van der Waals surface area contributed by atoms with Crippen molar-refractivity contribution in [3.8, 4) is 11.5 Å². The fourth-order valence-electron chi connectivity index (χ4n) is 3.08. The first-order valence-corrected chi connectivity index (χ1v) is 10.3. The van der Waals surface area contributed by atoms with Crippen LogP contribution in [0.25, 0.3) is 0 Å². The summed E-state index contributed by atoms with van der Waals surface area (Å²) in [5, 5.41) is 3.71. The van der Waals surface area contributed by atoms with E-state index in [1.54, 1.807) is 43.6 Å². The predicted octanol–water partition coefficient (Wildman–Crippen LogP) is 4.78. The van der Waals surface area contributed by atoms with Crippen molar-refractivity contribution >= 4 is 17.5 Å². The van der Waals surface area contributed by atoms with Crippen molar-refractivity contribution in [2.75, 3.05) is 13.7 Å². The highest BCUT2D eigenvalue weighted by molar-refractivity contribution is 6.30. The van der Waals surface area contributed by atoms with Crippen LogP contribution in [0.2, 0.25) is 5.02 Å². The monoisotopic (exact) mass is 427 g/mol. The van der Waals surface area contributed by atoms with Gasteiger partial charge in [-0.25, -0.2) is 4.98 Å². The van der Waals surface area contributed by atoms with Crippen LogP contribution in [0, 0.1) is 0 Å².